The van der Waals surface area contributed by atoms with E-state index in [1.807, 2.05) is 6.08 Å². The normalized spacial score (nSPS) is 19.7. The SMILES string of the molecule is CCCCCCCCCC/C=C/C(O)C(COC1OC(CO)C(O)C(OS(=O)(=O)O)C1O)NC(=O)CCCCCCCCCCCCCCCCCCCCCCCCCCCCCCCCCC. The lowest BCUT2D eigenvalue weighted by Crippen LogP contribution is -2.61. The highest BCUT2D eigenvalue weighted by Gasteiger charge is 2.48. The molecule has 0 bridgehead atoms. The molecule has 1 aliphatic rings. The summed E-state index contributed by atoms with van der Waals surface area (Å²) in [5.41, 5.74) is 0. The standard InChI is InChI=1S/C56H109NO11S/c1-3-5-7-9-11-13-15-16-17-18-19-20-21-22-23-24-25-26-27-28-29-30-31-32-33-34-35-36-38-40-42-44-46-52(60)57-49(50(59)45-43-41-39-37-14-12-10-8-6-4-2)48-66-56-54(62)55(68-69(63,64)65)53(61)51(47-58)67-56/h43,45,49-51,53-56,58-59,61-62H,3-42,44,46-48H2,1-2H3,(H,57,60)(H,63,64,65)/b45-43+. The van der Waals surface area contributed by atoms with Gasteiger partial charge in [-0.1, -0.05) is 270 Å². The molecular weight excluding hydrogens is 895 g/mol. The molecule has 13 heteroatoms. The first-order chi connectivity index (χ1) is 33.5. The molecule has 7 atom stereocenters. The Kier molecular flexibility index (Phi) is 44.5. The van der Waals surface area contributed by atoms with Crippen LogP contribution in [-0.4, -0.2) is 95.4 Å². The number of carbonyl (C=O) groups is 1. The smallest absolute Gasteiger partial charge is 0.394 e. The Morgan fingerprint density at radius 3 is 1.26 bits per heavy atom. The molecule has 6 N–H and O–H groups in total. The van der Waals surface area contributed by atoms with E-state index in [2.05, 4.69) is 23.3 Å². The van der Waals surface area contributed by atoms with Gasteiger partial charge in [-0.3, -0.25) is 9.35 Å². The molecule has 410 valence electrons. The molecule has 0 aromatic heterocycles. The number of ether oxygens (including phenoxy) is 2. The van der Waals surface area contributed by atoms with Crippen molar-refractivity contribution in [3.8, 4) is 0 Å². The van der Waals surface area contributed by atoms with Crippen molar-refractivity contribution < 1.29 is 51.8 Å². The third-order valence-corrected chi connectivity index (χ3v) is 14.5. The van der Waals surface area contributed by atoms with Gasteiger partial charge in [0.25, 0.3) is 0 Å². The number of unbranched alkanes of at least 4 members (excludes halogenated alkanes) is 39. The number of aliphatic hydroxyl groups excluding tert-OH is 4. The van der Waals surface area contributed by atoms with E-state index in [4.69, 9.17) is 9.47 Å². The number of amides is 1. The molecule has 0 radical (unpaired) electrons. The van der Waals surface area contributed by atoms with E-state index in [-0.39, 0.29) is 18.9 Å². The zero-order valence-corrected chi connectivity index (χ0v) is 45.2. The highest BCUT2D eigenvalue weighted by molar-refractivity contribution is 7.80. The van der Waals surface area contributed by atoms with Crippen molar-refractivity contribution >= 4 is 16.3 Å². The summed E-state index contributed by atoms with van der Waals surface area (Å²) in [6.45, 7) is 3.39. The predicted octanol–water partition coefficient (Wildman–Crippen LogP) is 13.5. The van der Waals surface area contributed by atoms with Crippen LogP contribution in [0.5, 0.6) is 0 Å². The molecule has 7 unspecified atom stereocenters. The maximum atomic E-state index is 13.1. The Bertz CT molecular complexity index is 1270. The van der Waals surface area contributed by atoms with Gasteiger partial charge in [-0.2, -0.15) is 8.42 Å². The summed E-state index contributed by atoms with van der Waals surface area (Å²) < 4.78 is 47.7. The van der Waals surface area contributed by atoms with Crippen molar-refractivity contribution in [1.82, 2.24) is 5.32 Å². The van der Waals surface area contributed by atoms with Crippen LogP contribution in [0.4, 0.5) is 0 Å². The maximum absolute atomic E-state index is 13.1. The third-order valence-electron chi connectivity index (χ3n) is 14.1. The van der Waals surface area contributed by atoms with Gasteiger partial charge in [-0.05, 0) is 19.3 Å². The molecule has 0 saturated carbocycles. The summed E-state index contributed by atoms with van der Waals surface area (Å²) in [4.78, 5) is 13.1. The molecule has 69 heavy (non-hydrogen) atoms. The second kappa shape index (κ2) is 46.6. The Morgan fingerprint density at radius 2 is 0.913 bits per heavy atom. The lowest BCUT2D eigenvalue weighted by molar-refractivity contribution is -0.298. The summed E-state index contributed by atoms with van der Waals surface area (Å²) in [7, 11) is -5.08. The van der Waals surface area contributed by atoms with Crippen molar-refractivity contribution in [3.63, 3.8) is 0 Å². The number of rotatable bonds is 51. The second-order valence-electron chi connectivity index (χ2n) is 20.6. The van der Waals surface area contributed by atoms with Crippen LogP contribution in [0.3, 0.4) is 0 Å². The van der Waals surface area contributed by atoms with Crippen molar-refractivity contribution in [1.29, 1.82) is 0 Å². The number of nitrogens with one attached hydrogen (secondary N) is 1. The molecule has 0 aromatic rings. The quantitative estimate of drug-likeness (QED) is 0.0193. The molecule has 0 aromatic carbocycles. The van der Waals surface area contributed by atoms with Crippen molar-refractivity contribution in [2.75, 3.05) is 13.2 Å². The summed E-state index contributed by atoms with van der Waals surface area (Å²) in [5.74, 6) is -0.258. The van der Waals surface area contributed by atoms with Crippen LogP contribution in [0.25, 0.3) is 0 Å². The Hall–Kier alpha value is -1.16. The van der Waals surface area contributed by atoms with E-state index in [1.165, 1.54) is 218 Å². The summed E-state index contributed by atoms with van der Waals surface area (Å²) in [6.07, 6.45) is 47.3. The maximum Gasteiger partial charge on any atom is 0.397 e. The highest BCUT2D eigenvalue weighted by Crippen LogP contribution is 2.26. The zero-order chi connectivity index (χ0) is 50.5. The first kappa shape index (κ1) is 65.9. The number of allylic oxidation sites excluding steroid dienone is 1. The van der Waals surface area contributed by atoms with Crippen LogP contribution in [-0.2, 0) is 28.9 Å². The molecule has 1 aliphatic heterocycles. The van der Waals surface area contributed by atoms with Gasteiger partial charge in [0, 0.05) is 6.42 Å². The minimum absolute atomic E-state index is 0.258. The summed E-state index contributed by atoms with van der Waals surface area (Å²) in [6, 6.07) is -0.938. The molecule has 0 spiro atoms. The lowest BCUT2D eigenvalue weighted by atomic mass is 9.99. The minimum atomic E-state index is -5.08. The third kappa shape index (κ3) is 39.0. The first-order valence-electron chi connectivity index (χ1n) is 29.1. The van der Waals surface area contributed by atoms with Crippen LogP contribution in [0.1, 0.15) is 284 Å². The van der Waals surface area contributed by atoms with Crippen LogP contribution >= 0.6 is 0 Å². The van der Waals surface area contributed by atoms with Gasteiger partial charge in [0.1, 0.15) is 24.4 Å². The van der Waals surface area contributed by atoms with Gasteiger partial charge in [0.05, 0.1) is 25.4 Å². The number of hydrogen-bond donors (Lipinski definition) is 6. The fraction of sp³-hybridized carbons (Fsp3) is 0.946. The van der Waals surface area contributed by atoms with Crippen LogP contribution in [0.15, 0.2) is 12.2 Å². The average Bonchev–Trinajstić information content (AvgIpc) is 3.32. The lowest BCUT2D eigenvalue weighted by Gasteiger charge is -2.41. The minimum Gasteiger partial charge on any atom is -0.394 e. The van der Waals surface area contributed by atoms with Gasteiger partial charge in [0.15, 0.2) is 6.29 Å². The van der Waals surface area contributed by atoms with E-state index < -0.39 is 59.9 Å². The molecule has 1 amide bonds. The predicted molar refractivity (Wildman–Crippen MR) is 282 cm³/mol. The van der Waals surface area contributed by atoms with Gasteiger partial charge < -0.3 is 35.2 Å². The van der Waals surface area contributed by atoms with E-state index in [1.54, 1.807) is 6.08 Å². The molecule has 1 heterocycles. The van der Waals surface area contributed by atoms with Crippen molar-refractivity contribution in [2.45, 2.75) is 326 Å². The average molecular weight is 1000 g/mol. The van der Waals surface area contributed by atoms with E-state index in [9.17, 15) is 38.2 Å². The van der Waals surface area contributed by atoms with Crippen molar-refractivity contribution in [2.24, 2.45) is 0 Å². The Morgan fingerprint density at radius 1 is 0.565 bits per heavy atom. The highest BCUT2D eigenvalue weighted by atomic mass is 32.3. The van der Waals surface area contributed by atoms with Gasteiger partial charge in [0.2, 0.25) is 5.91 Å². The molecule has 1 fully saturated rings. The van der Waals surface area contributed by atoms with E-state index in [0.717, 1.165) is 38.5 Å². The molecule has 0 aliphatic carbocycles. The monoisotopic (exact) mass is 1000 g/mol. The van der Waals surface area contributed by atoms with Crippen LogP contribution in [0.2, 0.25) is 0 Å². The Labute approximate surface area is 423 Å². The number of carbonyl (C=O) groups excluding carboxylic acids is 1. The van der Waals surface area contributed by atoms with E-state index >= 15 is 0 Å². The molecule has 1 rings (SSSR count). The zero-order valence-electron chi connectivity index (χ0n) is 44.4. The second-order valence-corrected chi connectivity index (χ2v) is 21.6. The largest absolute Gasteiger partial charge is 0.397 e. The van der Waals surface area contributed by atoms with Crippen LogP contribution < -0.4 is 5.32 Å². The topological polar surface area (TPSA) is 192 Å². The Balaban J connectivity index is 2.18. The molecule has 1 saturated heterocycles. The fourth-order valence-corrected chi connectivity index (χ4v) is 10.1. The van der Waals surface area contributed by atoms with Crippen LogP contribution in [0, 0.1) is 0 Å². The van der Waals surface area contributed by atoms with E-state index in [0.29, 0.717) is 6.42 Å². The molecular formula is C56H109NO11S. The molecule has 12 nitrogen and oxygen atoms in total. The fourth-order valence-electron chi connectivity index (χ4n) is 9.58. The van der Waals surface area contributed by atoms with Crippen molar-refractivity contribution in [3.05, 3.63) is 12.2 Å². The van der Waals surface area contributed by atoms with Gasteiger partial charge >= 0.3 is 10.4 Å². The number of aliphatic hydroxyl groups is 4. The first-order valence-corrected chi connectivity index (χ1v) is 30.4. The van der Waals surface area contributed by atoms with Gasteiger partial charge in [-0.25, -0.2) is 4.18 Å². The number of hydrogen-bond acceptors (Lipinski definition) is 10. The summed E-state index contributed by atoms with van der Waals surface area (Å²) in [5, 5.41) is 44.7. The summed E-state index contributed by atoms with van der Waals surface area (Å²) >= 11 is 0. The van der Waals surface area contributed by atoms with Gasteiger partial charge in [-0.15, -0.1) is 0 Å².